The van der Waals surface area contributed by atoms with Gasteiger partial charge in [0.1, 0.15) is 0 Å². The van der Waals surface area contributed by atoms with Crippen molar-refractivity contribution >= 4 is 11.3 Å². The summed E-state index contributed by atoms with van der Waals surface area (Å²) in [6, 6.07) is 0.356. The maximum atomic E-state index is 9.24. The van der Waals surface area contributed by atoms with E-state index in [1.54, 1.807) is 11.3 Å². The quantitative estimate of drug-likeness (QED) is 0.784. The Labute approximate surface area is 95.6 Å². The van der Waals surface area contributed by atoms with Gasteiger partial charge in [0.25, 0.3) is 0 Å². The van der Waals surface area contributed by atoms with Crippen molar-refractivity contribution in [1.82, 2.24) is 10.3 Å². The molecule has 1 aromatic rings. The van der Waals surface area contributed by atoms with Crippen LogP contribution in [0, 0.1) is 5.92 Å². The van der Waals surface area contributed by atoms with Crippen molar-refractivity contribution in [2.75, 3.05) is 6.54 Å². The highest BCUT2D eigenvalue weighted by Gasteiger charge is 2.10. The Morgan fingerprint density at radius 3 is 2.73 bits per heavy atom. The van der Waals surface area contributed by atoms with Crippen LogP contribution in [0.3, 0.4) is 0 Å². The van der Waals surface area contributed by atoms with Crippen molar-refractivity contribution in [3.63, 3.8) is 0 Å². The van der Waals surface area contributed by atoms with Crippen LogP contribution in [0.1, 0.15) is 38.1 Å². The summed E-state index contributed by atoms with van der Waals surface area (Å²) < 4.78 is 0. The first kappa shape index (κ1) is 12.6. The van der Waals surface area contributed by atoms with Crippen LogP contribution in [0.15, 0.2) is 11.7 Å². The second kappa shape index (κ2) is 6.20. The lowest BCUT2D eigenvalue weighted by molar-refractivity contribution is 0.162. The lowest BCUT2D eigenvalue weighted by Gasteiger charge is -2.17. The maximum absolute atomic E-state index is 9.24. The number of aliphatic hydroxyl groups is 1. The number of rotatable bonds is 6. The highest BCUT2D eigenvalue weighted by molar-refractivity contribution is 7.09. The third kappa shape index (κ3) is 4.73. The minimum absolute atomic E-state index is 0.208. The molecule has 1 heterocycles. The summed E-state index contributed by atoms with van der Waals surface area (Å²) in [5.74, 6) is 0.500. The number of nitrogens with one attached hydrogen (secondary N) is 1. The van der Waals surface area contributed by atoms with Crippen LogP contribution in [0.5, 0.6) is 0 Å². The van der Waals surface area contributed by atoms with Crippen LogP contribution in [0.25, 0.3) is 0 Å². The van der Waals surface area contributed by atoms with Crippen LogP contribution in [0.2, 0.25) is 0 Å². The van der Waals surface area contributed by atoms with Gasteiger partial charge in [-0.15, -0.1) is 11.3 Å². The summed E-state index contributed by atoms with van der Waals surface area (Å²) in [4.78, 5) is 5.32. The van der Waals surface area contributed by atoms with Crippen LogP contribution in [-0.2, 0) is 0 Å². The number of aromatic nitrogens is 1. The molecule has 0 radical (unpaired) electrons. The predicted molar refractivity (Wildman–Crippen MR) is 64.0 cm³/mol. The fourth-order valence-electron chi connectivity index (χ4n) is 1.58. The molecule has 0 saturated carbocycles. The number of hydrogen-bond acceptors (Lipinski definition) is 4. The lowest BCUT2D eigenvalue weighted by Crippen LogP contribution is -2.25. The summed E-state index contributed by atoms with van der Waals surface area (Å²) in [6.07, 6.45) is 2.55. The van der Waals surface area contributed by atoms with E-state index in [0.29, 0.717) is 12.0 Å². The van der Waals surface area contributed by atoms with Crippen molar-refractivity contribution in [2.45, 2.75) is 39.3 Å². The summed E-state index contributed by atoms with van der Waals surface area (Å²) in [5.41, 5.74) is 1.85. The van der Waals surface area contributed by atoms with E-state index >= 15 is 0 Å². The Morgan fingerprint density at radius 2 is 2.20 bits per heavy atom. The Hall–Kier alpha value is -0.450. The SMILES string of the molecule is CC(O)CC(C)CNC(C)c1cncs1. The van der Waals surface area contributed by atoms with Crippen LogP contribution < -0.4 is 5.32 Å². The first-order valence-corrected chi connectivity index (χ1v) is 6.27. The molecule has 86 valence electrons. The van der Waals surface area contributed by atoms with Crippen molar-refractivity contribution in [3.8, 4) is 0 Å². The predicted octanol–water partition coefficient (Wildman–Crippen LogP) is 2.20. The summed E-state index contributed by atoms with van der Waals surface area (Å²) >= 11 is 1.67. The van der Waals surface area contributed by atoms with E-state index < -0.39 is 0 Å². The number of thiazole rings is 1. The van der Waals surface area contributed by atoms with Gasteiger partial charge in [0.2, 0.25) is 0 Å². The molecule has 3 unspecified atom stereocenters. The molecule has 4 heteroatoms. The molecule has 0 bridgehead atoms. The first-order valence-electron chi connectivity index (χ1n) is 5.39. The lowest BCUT2D eigenvalue weighted by atomic mass is 10.0. The van der Waals surface area contributed by atoms with Crippen molar-refractivity contribution in [1.29, 1.82) is 0 Å². The highest BCUT2D eigenvalue weighted by Crippen LogP contribution is 2.16. The van der Waals surface area contributed by atoms with E-state index in [4.69, 9.17) is 0 Å². The Balaban J connectivity index is 2.25. The fraction of sp³-hybridized carbons (Fsp3) is 0.727. The van der Waals surface area contributed by atoms with Crippen molar-refractivity contribution in [2.24, 2.45) is 5.92 Å². The average Bonchev–Trinajstić information content (AvgIpc) is 2.65. The number of aliphatic hydroxyl groups excluding tert-OH is 1. The van der Waals surface area contributed by atoms with Gasteiger partial charge in [-0.2, -0.15) is 0 Å². The van der Waals surface area contributed by atoms with Crippen LogP contribution >= 0.6 is 11.3 Å². The standard InChI is InChI=1S/C11H20N2OS/c1-8(4-9(2)14)5-13-10(3)11-6-12-7-15-11/h6-10,13-14H,4-5H2,1-3H3. The van der Waals surface area contributed by atoms with Crippen molar-refractivity contribution < 1.29 is 5.11 Å². The molecular formula is C11H20N2OS. The summed E-state index contributed by atoms with van der Waals surface area (Å²) in [7, 11) is 0. The highest BCUT2D eigenvalue weighted by atomic mass is 32.1. The summed E-state index contributed by atoms with van der Waals surface area (Å²) in [6.45, 7) is 7.06. The van der Waals surface area contributed by atoms with Gasteiger partial charge in [0.05, 0.1) is 11.6 Å². The molecule has 0 aromatic carbocycles. The molecular weight excluding hydrogens is 208 g/mol. The average molecular weight is 228 g/mol. The van der Waals surface area contributed by atoms with Gasteiger partial charge < -0.3 is 10.4 Å². The van der Waals surface area contributed by atoms with Crippen LogP contribution in [-0.4, -0.2) is 22.7 Å². The van der Waals surface area contributed by atoms with Gasteiger partial charge in [-0.3, -0.25) is 4.98 Å². The van der Waals surface area contributed by atoms with Gasteiger partial charge >= 0.3 is 0 Å². The van der Waals surface area contributed by atoms with Gasteiger partial charge in [-0.1, -0.05) is 6.92 Å². The normalized spacial score (nSPS) is 17.3. The Kier molecular flexibility index (Phi) is 5.22. The topological polar surface area (TPSA) is 45.1 Å². The molecule has 0 fully saturated rings. The molecule has 0 aliphatic rings. The third-order valence-electron chi connectivity index (χ3n) is 2.39. The number of hydrogen-bond donors (Lipinski definition) is 2. The molecule has 0 spiro atoms. The first-order chi connectivity index (χ1) is 7.09. The second-order valence-corrected chi connectivity index (χ2v) is 5.14. The van der Waals surface area contributed by atoms with Gasteiger partial charge in [-0.25, -0.2) is 0 Å². The monoisotopic (exact) mass is 228 g/mol. The van der Waals surface area contributed by atoms with E-state index in [9.17, 15) is 5.11 Å². The Bertz CT molecular complexity index is 262. The zero-order chi connectivity index (χ0) is 11.3. The van der Waals surface area contributed by atoms with E-state index in [1.165, 1.54) is 4.88 Å². The maximum Gasteiger partial charge on any atom is 0.0794 e. The molecule has 0 amide bonds. The minimum atomic E-state index is -0.208. The zero-order valence-electron chi connectivity index (χ0n) is 9.60. The van der Waals surface area contributed by atoms with Gasteiger partial charge in [0, 0.05) is 17.1 Å². The minimum Gasteiger partial charge on any atom is -0.393 e. The second-order valence-electron chi connectivity index (χ2n) is 4.22. The van der Waals surface area contributed by atoms with Gasteiger partial charge in [0.15, 0.2) is 0 Å². The van der Waals surface area contributed by atoms with E-state index in [-0.39, 0.29) is 6.10 Å². The molecule has 1 rings (SSSR count). The molecule has 15 heavy (non-hydrogen) atoms. The largest absolute Gasteiger partial charge is 0.393 e. The zero-order valence-corrected chi connectivity index (χ0v) is 10.4. The smallest absolute Gasteiger partial charge is 0.0794 e. The summed E-state index contributed by atoms with van der Waals surface area (Å²) in [5, 5.41) is 12.7. The molecule has 3 atom stereocenters. The van der Waals surface area contributed by atoms with Gasteiger partial charge in [-0.05, 0) is 32.7 Å². The third-order valence-corrected chi connectivity index (χ3v) is 3.35. The Morgan fingerprint density at radius 1 is 1.47 bits per heavy atom. The van der Waals surface area contributed by atoms with E-state index in [0.717, 1.165) is 13.0 Å². The molecule has 0 aliphatic heterocycles. The molecule has 2 N–H and O–H groups in total. The van der Waals surface area contributed by atoms with Crippen LogP contribution in [0.4, 0.5) is 0 Å². The molecule has 1 aromatic heterocycles. The van der Waals surface area contributed by atoms with Crippen molar-refractivity contribution in [3.05, 3.63) is 16.6 Å². The van der Waals surface area contributed by atoms with E-state index in [2.05, 4.69) is 24.1 Å². The fourth-order valence-corrected chi connectivity index (χ4v) is 2.24. The molecule has 0 aliphatic carbocycles. The van der Waals surface area contributed by atoms with E-state index in [1.807, 2.05) is 18.6 Å². The molecule has 0 saturated heterocycles. The molecule has 3 nitrogen and oxygen atoms in total. The number of nitrogens with zero attached hydrogens (tertiary/aromatic N) is 1.